The Bertz CT molecular complexity index is 1270. The van der Waals surface area contributed by atoms with Gasteiger partial charge in [0.05, 0.1) is 11.2 Å². The quantitative estimate of drug-likeness (QED) is 0.339. The molecule has 0 radical (unpaired) electrons. The molecule has 6 rings (SSSR count). The minimum Gasteiger partial charge on any atom is -0.248 e. The molecule has 0 atom stereocenters. The van der Waals surface area contributed by atoms with Crippen LogP contribution in [0.4, 0.5) is 0 Å². The number of nitrogens with zero attached hydrogens (tertiary/aromatic N) is 1. The fourth-order valence-electron chi connectivity index (χ4n) is 5.50. The molecule has 2 aliphatic carbocycles. The normalized spacial score (nSPS) is 14.6. The van der Waals surface area contributed by atoms with Crippen molar-refractivity contribution in [1.29, 1.82) is 0 Å². The SMILES string of the molecule is CC(C)(C)c1cc(-c2cc3c4c(c2)CCc2cccc(c2-4)CC3)nc2ccccc12. The van der Waals surface area contributed by atoms with E-state index in [-0.39, 0.29) is 5.41 Å². The van der Waals surface area contributed by atoms with Crippen LogP contribution in [0, 0.1) is 0 Å². The van der Waals surface area contributed by atoms with Crippen LogP contribution in [-0.4, -0.2) is 4.98 Å². The van der Waals surface area contributed by atoms with Gasteiger partial charge in [-0.15, -0.1) is 0 Å². The number of hydrogen-bond acceptors (Lipinski definition) is 1. The molecule has 1 heterocycles. The van der Waals surface area contributed by atoms with Gasteiger partial charge in [-0.2, -0.15) is 0 Å². The molecule has 148 valence electrons. The van der Waals surface area contributed by atoms with Crippen LogP contribution >= 0.6 is 0 Å². The Morgan fingerprint density at radius 1 is 0.667 bits per heavy atom. The largest absolute Gasteiger partial charge is 0.248 e. The Kier molecular flexibility index (Phi) is 3.75. The highest BCUT2D eigenvalue weighted by atomic mass is 14.7. The van der Waals surface area contributed by atoms with E-state index in [1.54, 1.807) is 0 Å². The Morgan fingerprint density at radius 3 is 1.93 bits per heavy atom. The lowest BCUT2D eigenvalue weighted by molar-refractivity contribution is 0.595. The third-order valence-electron chi connectivity index (χ3n) is 6.94. The summed E-state index contributed by atoms with van der Waals surface area (Å²) in [4.78, 5) is 5.10. The molecule has 30 heavy (non-hydrogen) atoms. The molecule has 1 aromatic heterocycles. The Balaban J connectivity index is 1.59. The van der Waals surface area contributed by atoms with Gasteiger partial charge in [-0.05, 0) is 94.3 Å². The van der Waals surface area contributed by atoms with Crippen molar-refractivity contribution >= 4 is 10.9 Å². The molecule has 0 N–H and O–H groups in total. The topological polar surface area (TPSA) is 12.9 Å². The van der Waals surface area contributed by atoms with Gasteiger partial charge in [0.25, 0.3) is 0 Å². The minimum atomic E-state index is 0.0770. The van der Waals surface area contributed by atoms with Gasteiger partial charge < -0.3 is 0 Å². The number of aryl methyl sites for hydroxylation is 4. The fourth-order valence-corrected chi connectivity index (χ4v) is 5.50. The van der Waals surface area contributed by atoms with Gasteiger partial charge >= 0.3 is 0 Å². The molecule has 0 aliphatic heterocycles. The van der Waals surface area contributed by atoms with Gasteiger partial charge in [0.1, 0.15) is 0 Å². The second-order valence-electron chi connectivity index (χ2n) is 9.94. The van der Waals surface area contributed by atoms with Crippen LogP contribution in [0.3, 0.4) is 0 Å². The monoisotopic (exact) mass is 389 g/mol. The minimum absolute atomic E-state index is 0.0770. The van der Waals surface area contributed by atoms with Crippen molar-refractivity contribution in [3.05, 3.63) is 88.5 Å². The van der Waals surface area contributed by atoms with Gasteiger partial charge in [0.2, 0.25) is 0 Å². The molecule has 3 aromatic carbocycles. The molecule has 0 spiro atoms. The van der Waals surface area contributed by atoms with Crippen LogP contribution in [0.25, 0.3) is 33.3 Å². The summed E-state index contributed by atoms with van der Waals surface area (Å²) in [5, 5.41) is 1.27. The maximum Gasteiger partial charge on any atom is 0.0712 e. The summed E-state index contributed by atoms with van der Waals surface area (Å²) in [6.45, 7) is 6.90. The third-order valence-corrected chi connectivity index (χ3v) is 6.94. The van der Waals surface area contributed by atoms with E-state index in [0.29, 0.717) is 0 Å². The van der Waals surface area contributed by atoms with Crippen molar-refractivity contribution in [2.45, 2.75) is 51.9 Å². The first-order valence-electron chi connectivity index (χ1n) is 11.2. The summed E-state index contributed by atoms with van der Waals surface area (Å²) in [5.41, 5.74) is 14.1. The molecule has 0 fully saturated rings. The molecule has 0 saturated heterocycles. The molecule has 1 nitrogen and oxygen atoms in total. The zero-order valence-corrected chi connectivity index (χ0v) is 18.0. The summed E-state index contributed by atoms with van der Waals surface area (Å²) in [7, 11) is 0. The lowest BCUT2D eigenvalue weighted by Crippen LogP contribution is -2.14. The van der Waals surface area contributed by atoms with E-state index < -0.39 is 0 Å². The molecular formula is C29H27N. The maximum atomic E-state index is 5.10. The molecule has 0 bridgehead atoms. The maximum absolute atomic E-state index is 5.10. The Hall–Kier alpha value is -2.93. The lowest BCUT2D eigenvalue weighted by atomic mass is 9.74. The first kappa shape index (κ1) is 17.9. The first-order chi connectivity index (χ1) is 14.5. The summed E-state index contributed by atoms with van der Waals surface area (Å²) >= 11 is 0. The van der Waals surface area contributed by atoms with Crippen molar-refractivity contribution in [1.82, 2.24) is 4.98 Å². The van der Waals surface area contributed by atoms with Crippen molar-refractivity contribution < 1.29 is 0 Å². The number of hydrogen-bond donors (Lipinski definition) is 0. The zero-order valence-electron chi connectivity index (χ0n) is 18.0. The van der Waals surface area contributed by atoms with Gasteiger partial charge in [-0.3, -0.25) is 0 Å². The number of benzene rings is 3. The number of aromatic nitrogens is 1. The molecule has 0 amide bonds. The van der Waals surface area contributed by atoms with Gasteiger partial charge in [-0.25, -0.2) is 4.98 Å². The predicted molar refractivity (Wildman–Crippen MR) is 126 cm³/mol. The second-order valence-corrected chi connectivity index (χ2v) is 9.94. The molecule has 1 heteroatoms. The summed E-state index contributed by atoms with van der Waals surface area (Å²) in [6.07, 6.45) is 4.56. The number of rotatable bonds is 1. The van der Waals surface area contributed by atoms with Crippen molar-refractivity contribution in [2.24, 2.45) is 0 Å². The van der Waals surface area contributed by atoms with E-state index in [0.717, 1.165) is 36.9 Å². The van der Waals surface area contributed by atoms with Crippen LogP contribution < -0.4 is 0 Å². The van der Waals surface area contributed by atoms with Crippen LogP contribution in [0.15, 0.2) is 60.7 Å². The molecule has 2 aliphatic rings. The van der Waals surface area contributed by atoms with E-state index >= 15 is 0 Å². The molecule has 0 unspecified atom stereocenters. The lowest BCUT2D eigenvalue weighted by Gasteiger charge is -2.30. The zero-order chi connectivity index (χ0) is 20.5. The Morgan fingerprint density at radius 2 is 1.27 bits per heavy atom. The van der Waals surface area contributed by atoms with Crippen molar-refractivity contribution in [3.8, 4) is 22.4 Å². The Labute approximate surface area is 178 Å². The molecular weight excluding hydrogens is 362 g/mol. The highest BCUT2D eigenvalue weighted by Gasteiger charge is 2.26. The standard InChI is InChI=1S/C29H27N/c1-29(2,3)24-17-26(30-25-10-5-4-9-23(24)25)22-15-20-13-11-18-7-6-8-19-12-14-21(16-22)28(20)27(18)19/h4-10,15-17H,11-14H2,1-3H3. The van der Waals surface area contributed by atoms with Gasteiger partial charge in [0, 0.05) is 10.9 Å². The van der Waals surface area contributed by atoms with Crippen LogP contribution in [0.5, 0.6) is 0 Å². The highest BCUT2D eigenvalue weighted by Crippen LogP contribution is 2.44. The number of para-hydroxylation sites is 1. The van der Waals surface area contributed by atoms with E-state index in [9.17, 15) is 0 Å². The van der Waals surface area contributed by atoms with Crippen molar-refractivity contribution in [2.75, 3.05) is 0 Å². The first-order valence-corrected chi connectivity index (χ1v) is 11.2. The summed E-state index contributed by atoms with van der Waals surface area (Å²) in [5.74, 6) is 0. The summed E-state index contributed by atoms with van der Waals surface area (Å²) < 4.78 is 0. The van der Waals surface area contributed by atoms with Crippen LogP contribution in [-0.2, 0) is 31.1 Å². The molecule has 0 saturated carbocycles. The smallest absolute Gasteiger partial charge is 0.0712 e. The van der Waals surface area contributed by atoms with E-state index in [2.05, 4.69) is 81.4 Å². The van der Waals surface area contributed by atoms with Crippen molar-refractivity contribution in [3.63, 3.8) is 0 Å². The average Bonchev–Trinajstić information content (AvgIpc) is 2.76. The van der Waals surface area contributed by atoms with Gasteiger partial charge in [0.15, 0.2) is 0 Å². The highest BCUT2D eigenvalue weighted by molar-refractivity contribution is 5.88. The average molecular weight is 390 g/mol. The molecule has 4 aromatic rings. The number of pyridine rings is 1. The fraction of sp³-hybridized carbons (Fsp3) is 0.276. The number of fused-ring (bicyclic) bond motifs is 1. The van der Waals surface area contributed by atoms with Crippen LogP contribution in [0.1, 0.15) is 48.6 Å². The van der Waals surface area contributed by atoms with Crippen LogP contribution in [0.2, 0.25) is 0 Å². The summed E-state index contributed by atoms with van der Waals surface area (Å²) in [6, 6.07) is 22.7. The second kappa shape index (κ2) is 6.28. The van der Waals surface area contributed by atoms with E-state index in [4.69, 9.17) is 4.98 Å². The van der Waals surface area contributed by atoms with E-state index in [1.165, 1.54) is 49.9 Å². The predicted octanol–water partition coefficient (Wildman–Crippen LogP) is 7.06. The van der Waals surface area contributed by atoms with E-state index in [1.807, 2.05) is 0 Å². The van der Waals surface area contributed by atoms with Gasteiger partial charge in [-0.1, -0.05) is 57.2 Å². The third kappa shape index (κ3) is 2.65.